The lowest BCUT2D eigenvalue weighted by atomic mass is 10.2. The van der Waals surface area contributed by atoms with Crippen LogP contribution in [0.3, 0.4) is 0 Å². The van der Waals surface area contributed by atoms with Crippen LogP contribution in [-0.4, -0.2) is 57.2 Å². The van der Waals surface area contributed by atoms with E-state index in [0.717, 1.165) is 37.1 Å². The number of aliphatic imine (C=N–C) groups is 1. The van der Waals surface area contributed by atoms with Gasteiger partial charge in [0, 0.05) is 50.9 Å². The molecule has 1 fully saturated rings. The topological polar surface area (TPSA) is 66.0 Å². The first kappa shape index (κ1) is 24.0. The van der Waals surface area contributed by atoms with Crippen molar-refractivity contribution in [2.45, 2.75) is 25.7 Å². The highest BCUT2D eigenvalue weighted by Crippen LogP contribution is 2.28. The Balaban J connectivity index is 0.00000364. The van der Waals surface area contributed by atoms with Gasteiger partial charge in [-0.25, -0.2) is 0 Å². The molecule has 2 rings (SSSR count). The van der Waals surface area contributed by atoms with Crippen molar-refractivity contribution in [2.24, 2.45) is 10.9 Å². The highest BCUT2D eigenvalue weighted by molar-refractivity contribution is 14.0. The highest BCUT2D eigenvalue weighted by atomic mass is 127. The smallest absolute Gasteiger partial charge is 0.224 e. The second kappa shape index (κ2) is 13.2. The predicted octanol–water partition coefficient (Wildman–Crippen LogP) is 3.61. The molecule has 0 spiro atoms. The van der Waals surface area contributed by atoms with Gasteiger partial charge < -0.3 is 20.3 Å². The number of nitrogens with one attached hydrogen (secondary N) is 2. The maximum absolute atomic E-state index is 12.0. The van der Waals surface area contributed by atoms with E-state index in [1.54, 1.807) is 31.3 Å². The van der Waals surface area contributed by atoms with Crippen molar-refractivity contribution >= 4 is 53.1 Å². The van der Waals surface area contributed by atoms with E-state index in [4.69, 9.17) is 16.3 Å². The summed E-state index contributed by atoms with van der Waals surface area (Å²) < 4.78 is 5.66. The van der Waals surface area contributed by atoms with Gasteiger partial charge in [-0.3, -0.25) is 9.79 Å². The molecule has 1 aliphatic carbocycles. The van der Waals surface area contributed by atoms with Crippen LogP contribution in [0.5, 0.6) is 0 Å². The monoisotopic (exact) mass is 508 g/mol. The number of carbonyl (C=O) groups is 1. The standard InChI is InChI=1S/C19H29ClN4O2.HI/c1-21-19(24(2)12-13-26-14-15-5-6-15)22-11-3-4-18(25)23-17-9-7-16(20)8-10-17;/h7-10,15H,3-6,11-14H2,1-2H3,(H,21,22)(H,23,25);1H. The average Bonchev–Trinajstić information content (AvgIpc) is 3.45. The Morgan fingerprint density at radius 1 is 1.33 bits per heavy atom. The summed E-state index contributed by atoms with van der Waals surface area (Å²) in [5.74, 6) is 1.60. The van der Waals surface area contributed by atoms with Crippen molar-refractivity contribution in [3.8, 4) is 0 Å². The summed E-state index contributed by atoms with van der Waals surface area (Å²) in [5.41, 5.74) is 0.758. The van der Waals surface area contributed by atoms with Crippen LogP contribution in [0.4, 0.5) is 5.69 Å². The summed E-state index contributed by atoms with van der Waals surface area (Å²) in [7, 11) is 3.75. The van der Waals surface area contributed by atoms with Crippen molar-refractivity contribution < 1.29 is 9.53 Å². The molecule has 0 heterocycles. The molecule has 8 heteroatoms. The minimum Gasteiger partial charge on any atom is -0.379 e. The largest absolute Gasteiger partial charge is 0.379 e. The maximum Gasteiger partial charge on any atom is 0.224 e. The highest BCUT2D eigenvalue weighted by Gasteiger charge is 2.21. The molecule has 0 aliphatic heterocycles. The van der Waals surface area contributed by atoms with Crippen LogP contribution in [-0.2, 0) is 9.53 Å². The number of amides is 1. The molecule has 0 radical (unpaired) electrons. The van der Waals surface area contributed by atoms with Crippen molar-refractivity contribution in [2.75, 3.05) is 45.7 Å². The zero-order valence-corrected chi connectivity index (χ0v) is 19.1. The quantitative estimate of drug-likeness (QED) is 0.219. The third kappa shape index (κ3) is 10.2. The molecule has 0 bridgehead atoms. The molecule has 1 amide bonds. The van der Waals surface area contributed by atoms with E-state index < -0.39 is 0 Å². The zero-order chi connectivity index (χ0) is 18.8. The Morgan fingerprint density at radius 2 is 2.04 bits per heavy atom. The van der Waals surface area contributed by atoms with E-state index in [2.05, 4.69) is 15.6 Å². The molecule has 2 N–H and O–H groups in total. The number of likely N-dealkylation sites (N-methyl/N-ethyl adjacent to an activating group) is 1. The van der Waals surface area contributed by atoms with E-state index in [-0.39, 0.29) is 29.9 Å². The number of ether oxygens (including phenoxy) is 1. The van der Waals surface area contributed by atoms with Gasteiger partial charge in [0.15, 0.2) is 5.96 Å². The molecular weight excluding hydrogens is 479 g/mol. The molecule has 6 nitrogen and oxygen atoms in total. The number of hydrogen-bond donors (Lipinski definition) is 2. The Hall–Kier alpha value is -1.06. The molecular formula is C19H30ClIN4O2. The summed E-state index contributed by atoms with van der Waals surface area (Å²) in [6.07, 6.45) is 3.79. The normalized spacial score (nSPS) is 13.7. The van der Waals surface area contributed by atoms with Crippen LogP contribution < -0.4 is 10.6 Å². The number of rotatable bonds is 10. The third-order valence-electron chi connectivity index (χ3n) is 4.19. The number of halogens is 2. The zero-order valence-electron chi connectivity index (χ0n) is 16.0. The lowest BCUT2D eigenvalue weighted by Gasteiger charge is -2.22. The van der Waals surface area contributed by atoms with Crippen LogP contribution in [0.1, 0.15) is 25.7 Å². The van der Waals surface area contributed by atoms with Gasteiger partial charge >= 0.3 is 0 Å². The molecule has 0 unspecified atom stereocenters. The second-order valence-corrected chi connectivity index (χ2v) is 7.01. The Morgan fingerprint density at radius 3 is 2.67 bits per heavy atom. The SMILES string of the molecule is CN=C(NCCCC(=O)Nc1ccc(Cl)cc1)N(C)CCOCC1CC1.I. The maximum atomic E-state index is 12.0. The predicted molar refractivity (Wildman–Crippen MR) is 122 cm³/mol. The third-order valence-corrected chi connectivity index (χ3v) is 4.44. The van der Waals surface area contributed by atoms with Crippen molar-refractivity contribution in [1.29, 1.82) is 0 Å². The van der Waals surface area contributed by atoms with Crippen LogP contribution in [0.15, 0.2) is 29.3 Å². The Kier molecular flexibility index (Phi) is 11.7. The number of anilines is 1. The first-order chi connectivity index (χ1) is 12.6. The molecule has 27 heavy (non-hydrogen) atoms. The lowest BCUT2D eigenvalue weighted by molar-refractivity contribution is -0.116. The number of benzene rings is 1. The number of carbonyl (C=O) groups excluding carboxylic acids is 1. The molecule has 1 aromatic carbocycles. The van der Waals surface area contributed by atoms with Crippen molar-refractivity contribution in [3.05, 3.63) is 29.3 Å². The summed E-state index contributed by atoms with van der Waals surface area (Å²) >= 11 is 5.83. The fraction of sp³-hybridized carbons (Fsp3) is 0.579. The van der Waals surface area contributed by atoms with Gasteiger partial charge in [0.1, 0.15) is 0 Å². The fourth-order valence-corrected chi connectivity index (χ4v) is 2.56. The van der Waals surface area contributed by atoms with Crippen LogP contribution >= 0.6 is 35.6 Å². The van der Waals surface area contributed by atoms with Gasteiger partial charge in [-0.05, 0) is 49.4 Å². The van der Waals surface area contributed by atoms with Crippen LogP contribution in [0.25, 0.3) is 0 Å². The first-order valence-corrected chi connectivity index (χ1v) is 9.51. The van der Waals surface area contributed by atoms with Gasteiger partial charge in [-0.1, -0.05) is 11.6 Å². The molecule has 0 atom stereocenters. The molecule has 152 valence electrons. The summed E-state index contributed by atoms with van der Waals surface area (Å²) in [6.45, 7) is 3.07. The molecule has 0 aromatic heterocycles. The summed E-state index contributed by atoms with van der Waals surface area (Å²) in [6, 6.07) is 7.10. The van der Waals surface area contributed by atoms with Gasteiger partial charge in [0.05, 0.1) is 6.61 Å². The van der Waals surface area contributed by atoms with Gasteiger partial charge in [-0.15, -0.1) is 24.0 Å². The Bertz CT molecular complexity index is 594. The van der Waals surface area contributed by atoms with Gasteiger partial charge in [0.25, 0.3) is 0 Å². The van der Waals surface area contributed by atoms with Gasteiger partial charge in [-0.2, -0.15) is 0 Å². The first-order valence-electron chi connectivity index (χ1n) is 9.13. The van der Waals surface area contributed by atoms with E-state index in [1.165, 1.54) is 12.8 Å². The van der Waals surface area contributed by atoms with E-state index >= 15 is 0 Å². The number of guanidine groups is 1. The summed E-state index contributed by atoms with van der Waals surface area (Å²) in [4.78, 5) is 18.3. The lowest BCUT2D eigenvalue weighted by Crippen LogP contribution is -2.41. The van der Waals surface area contributed by atoms with Crippen LogP contribution in [0, 0.1) is 5.92 Å². The average molecular weight is 509 g/mol. The molecule has 1 aromatic rings. The Labute approximate surface area is 184 Å². The van der Waals surface area contributed by atoms with Crippen molar-refractivity contribution in [3.63, 3.8) is 0 Å². The fourth-order valence-electron chi connectivity index (χ4n) is 2.43. The number of hydrogen-bond acceptors (Lipinski definition) is 3. The molecule has 1 aliphatic rings. The van der Waals surface area contributed by atoms with Crippen LogP contribution in [0.2, 0.25) is 5.02 Å². The van der Waals surface area contributed by atoms with E-state index in [9.17, 15) is 4.79 Å². The second-order valence-electron chi connectivity index (χ2n) is 6.57. The van der Waals surface area contributed by atoms with Crippen molar-refractivity contribution in [1.82, 2.24) is 10.2 Å². The summed E-state index contributed by atoms with van der Waals surface area (Å²) in [5, 5.41) is 6.79. The minimum absolute atomic E-state index is 0. The van der Waals surface area contributed by atoms with Gasteiger partial charge in [0.2, 0.25) is 5.91 Å². The van der Waals surface area contributed by atoms with E-state index in [0.29, 0.717) is 24.6 Å². The molecule has 1 saturated carbocycles. The minimum atomic E-state index is -0.00839. The number of nitrogens with zero attached hydrogens (tertiary/aromatic N) is 2. The van der Waals surface area contributed by atoms with E-state index in [1.807, 2.05) is 11.9 Å². The molecule has 0 saturated heterocycles.